The smallest absolute Gasteiger partial charge is 0.338 e. The molecule has 25 heavy (non-hydrogen) atoms. The minimum Gasteiger partial charge on any atom is -0.462 e. The van der Waals surface area contributed by atoms with Gasteiger partial charge in [-0.3, -0.25) is 9.78 Å². The van der Waals surface area contributed by atoms with Gasteiger partial charge in [0.25, 0.3) is 5.91 Å². The van der Waals surface area contributed by atoms with Crippen LogP contribution in [0.3, 0.4) is 0 Å². The minimum absolute atomic E-state index is 0.0233. The first-order valence-electron chi connectivity index (χ1n) is 7.81. The van der Waals surface area contributed by atoms with Crippen LogP contribution in [0.15, 0.2) is 47.9 Å². The number of ether oxygens (including phenoxy) is 1. The van der Waals surface area contributed by atoms with E-state index in [9.17, 15) is 14.7 Å². The summed E-state index contributed by atoms with van der Waals surface area (Å²) >= 11 is 0. The lowest BCUT2D eigenvalue weighted by atomic mass is 10.0. The molecular weight excluding hydrogens is 322 g/mol. The summed E-state index contributed by atoms with van der Waals surface area (Å²) in [6.45, 7) is 3.37. The van der Waals surface area contributed by atoms with Crippen molar-refractivity contribution in [3.05, 3.63) is 59.2 Å². The number of amides is 1. The highest BCUT2D eigenvalue weighted by molar-refractivity contribution is 6.01. The Bertz CT molecular complexity index is 862. The highest BCUT2D eigenvalue weighted by atomic mass is 16.5. The fourth-order valence-electron chi connectivity index (χ4n) is 2.67. The van der Waals surface area contributed by atoms with Crippen LogP contribution in [0.1, 0.15) is 36.0 Å². The first kappa shape index (κ1) is 16.8. The maximum atomic E-state index is 12.4. The van der Waals surface area contributed by atoms with Gasteiger partial charge in [-0.15, -0.1) is 0 Å². The van der Waals surface area contributed by atoms with E-state index in [1.807, 2.05) is 6.07 Å². The van der Waals surface area contributed by atoms with Gasteiger partial charge in [0.1, 0.15) is 6.10 Å². The number of aliphatic hydroxyl groups excluding tert-OH is 1. The molecule has 7 heteroatoms. The molecule has 1 aliphatic heterocycles. The van der Waals surface area contributed by atoms with E-state index in [1.54, 1.807) is 44.4 Å². The number of nitrogens with zero attached hydrogens (tertiary/aromatic N) is 2. The first-order valence-corrected chi connectivity index (χ1v) is 7.81. The number of allylic oxidation sites excluding steroid dienone is 1. The molecule has 2 aromatic rings. The summed E-state index contributed by atoms with van der Waals surface area (Å²) in [6.07, 6.45) is 1.90. The van der Waals surface area contributed by atoms with E-state index in [2.05, 4.69) is 15.3 Å². The number of carbonyl (C=O) groups is 2. The summed E-state index contributed by atoms with van der Waals surface area (Å²) in [5.74, 6) is -1.12. The Morgan fingerprint density at radius 1 is 1.36 bits per heavy atom. The van der Waals surface area contributed by atoms with Gasteiger partial charge >= 0.3 is 5.97 Å². The van der Waals surface area contributed by atoms with Crippen LogP contribution < -0.4 is 5.32 Å². The Morgan fingerprint density at radius 3 is 2.84 bits per heavy atom. The molecule has 0 saturated heterocycles. The zero-order valence-electron chi connectivity index (χ0n) is 13.8. The summed E-state index contributed by atoms with van der Waals surface area (Å²) in [6, 6.07) is 6.83. The van der Waals surface area contributed by atoms with Gasteiger partial charge in [0.05, 0.1) is 29.1 Å². The van der Waals surface area contributed by atoms with Gasteiger partial charge in [-0.25, -0.2) is 9.78 Å². The predicted molar refractivity (Wildman–Crippen MR) is 89.2 cm³/mol. The summed E-state index contributed by atoms with van der Waals surface area (Å²) in [7, 11) is 0. The van der Waals surface area contributed by atoms with E-state index in [-0.39, 0.29) is 29.1 Å². The molecule has 0 bridgehead atoms. The molecule has 3 rings (SSSR count). The molecule has 128 valence electrons. The average Bonchev–Trinajstić information content (AvgIpc) is 2.70. The molecule has 2 aromatic heterocycles. The van der Waals surface area contributed by atoms with Gasteiger partial charge in [-0.2, -0.15) is 0 Å². The molecule has 0 saturated carbocycles. The highest BCUT2D eigenvalue weighted by Crippen LogP contribution is 2.31. The lowest BCUT2D eigenvalue weighted by molar-refractivity contribution is -0.139. The molecule has 0 aliphatic carbocycles. The topological polar surface area (TPSA) is 101 Å². The summed E-state index contributed by atoms with van der Waals surface area (Å²) in [5.41, 5.74) is 1.82. The Hall–Kier alpha value is -3.06. The number of nitrogens with one attached hydrogen (secondary N) is 1. The van der Waals surface area contributed by atoms with Crippen molar-refractivity contribution in [3.63, 3.8) is 0 Å². The van der Waals surface area contributed by atoms with E-state index in [1.165, 1.54) is 0 Å². The zero-order chi connectivity index (χ0) is 18.0. The number of aliphatic hydroxyl groups is 1. The van der Waals surface area contributed by atoms with Crippen LogP contribution in [0.25, 0.3) is 11.3 Å². The van der Waals surface area contributed by atoms with Crippen molar-refractivity contribution in [3.8, 4) is 11.3 Å². The van der Waals surface area contributed by atoms with Crippen LogP contribution in [0.5, 0.6) is 0 Å². The molecule has 0 radical (unpaired) electrons. The number of rotatable bonds is 3. The average molecular weight is 339 g/mol. The number of fused-ring (bicyclic) bond motifs is 1. The van der Waals surface area contributed by atoms with Crippen LogP contribution >= 0.6 is 0 Å². The van der Waals surface area contributed by atoms with Gasteiger partial charge in [-0.05, 0) is 38.1 Å². The van der Waals surface area contributed by atoms with Crippen molar-refractivity contribution < 1.29 is 19.4 Å². The number of hydrogen-bond donors (Lipinski definition) is 2. The second kappa shape index (κ2) is 6.82. The lowest BCUT2D eigenvalue weighted by Gasteiger charge is -2.15. The largest absolute Gasteiger partial charge is 0.462 e. The Morgan fingerprint density at radius 2 is 2.16 bits per heavy atom. The van der Waals surface area contributed by atoms with E-state index >= 15 is 0 Å². The van der Waals surface area contributed by atoms with Crippen molar-refractivity contribution in [2.75, 3.05) is 6.61 Å². The van der Waals surface area contributed by atoms with Crippen LogP contribution in [0.4, 0.5) is 0 Å². The predicted octanol–water partition coefficient (Wildman–Crippen LogP) is 1.76. The van der Waals surface area contributed by atoms with Crippen molar-refractivity contribution in [2.24, 2.45) is 0 Å². The zero-order valence-corrected chi connectivity index (χ0v) is 13.8. The van der Waals surface area contributed by atoms with Crippen molar-refractivity contribution in [1.29, 1.82) is 0 Å². The quantitative estimate of drug-likeness (QED) is 0.826. The Balaban J connectivity index is 2.12. The molecule has 1 atom stereocenters. The monoisotopic (exact) mass is 339 g/mol. The lowest BCUT2D eigenvalue weighted by Crippen LogP contribution is -2.23. The summed E-state index contributed by atoms with van der Waals surface area (Å²) < 4.78 is 5.00. The molecular formula is C18H17N3O4. The summed E-state index contributed by atoms with van der Waals surface area (Å²) in [5, 5.41) is 13.3. The standard InChI is InChI=1S/C18H17N3O4/c1-3-25-18(24)14-10(2)20-17(23)12-6-7-13(21-15(12)16(14)22)11-5-4-8-19-9-11/h4-9,16,22H,3H2,1-2H3,(H,20,23). The van der Waals surface area contributed by atoms with Crippen molar-refractivity contribution in [1.82, 2.24) is 15.3 Å². The fourth-order valence-corrected chi connectivity index (χ4v) is 2.67. The molecule has 0 fully saturated rings. The highest BCUT2D eigenvalue weighted by Gasteiger charge is 2.33. The van der Waals surface area contributed by atoms with Gasteiger partial charge in [0.15, 0.2) is 0 Å². The molecule has 1 amide bonds. The van der Waals surface area contributed by atoms with Crippen LogP contribution in [0, 0.1) is 0 Å². The Kier molecular flexibility index (Phi) is 4.58. The Labute approximate surface area is 144 Å². The van der Waals surface area contributed by atoms with E-state index in [4.69, 9.17) is 4.74 Å². The molecule has 7 nitrogen and oxygen atoms in total. The second-order valence-corrected chi connectivity index (χ2v) is 5.49. The minimum atomic E-state index is -1.37. The normalized spacial score (nSPS) is 16.8. The number of carbonyl (C=O) groups excluding carboxylic acids is 2. The number of esters is 1. The number of hydrogen-bond acceptors (Lipinski definition) is 6. The fraction of sp³-hybridized carbons (Fsp3) is 0.222. The maximum absolute atomic E-state index is 12.4. The molecule has 0 aromatic carbocycles. The molecule has 1 aliphatic rings. The van der Waals surface area contributed by atoms with Crippen LogP contribution in [-0.2, 0) is 9.53 Å². The SMILES string of the molecule is CCOC(=O)C1=C(C)NC(=O)c2ccc(-c3cccnc3)nc2C1O. The maximum Gasteiger partial charge on any atom is 0.338 e. The van der Waals surface area contributed by atoms with Crippen molar-refractivity contribution >= 4 is 11.9 Å². The van der Waals surface area contributed by atoms with Gasteiger partial charge < -0.3 is 15.2 Å². The van der Waals surface area contributed by atoms with Crippen LogP contribution in [0.2, 0.25) is 0 Å². The van der Waals surface area contributed by atoms with Crippen molar-refractivity contribution in [2.45, 2.75) is 20.0 Å². The first-order chi connectivity index (χ1) is 12.0. The number of aromatic nitrogens is 2. The molecule has 3 heterocycles. The molecule has 1 unspecified atom stereocenters. The van der Waals surface area contributed by atoms with Gasteiger partial charge in [0.2, 0.25) is 0 Å². The van der Waals surface area contributed by atoms with Gasteiger partial charge in [0, 0.05) is 23.7 Å². The third-order valence-electron chi connectivity index (χ3n) is 3.86. The van der Waals surface area contributed by atoms with E-state index in [0.717, 1.165) is 5.56 Å². The summed E-state index contributed by atoms with van der Waals surface area (Å²) in [4.78, 5) is 33.0. The third-order valence-corrected chi connectivity index (χ3v) is 3.86. The van der Waals surface area contributed by atoms with Crippen LogP contribution in [-0.4, -0.2) is 33.6 Å². The van der Waals surface area contributed by atoms with Gasteiger partial charge in [-0.1, -0.05) is 0 Å². The van der Waals surface area contributed by atoms with E-state index in [0.29, 0.717) is 5.69 Å². The molecule has 0 spiro atoms. The molecule has 2 N–H and O–H groups in total. The number of pyridine rings is 2. The second-order valence-electron chi connectivity index (χ2n) is 5.49. The third kappa shape index (κ3) is 3.14. The van der Waals surface area contributed by atoms with E-state index < -0.39 is 18.0 Å².